The molecular weight excluding hydrogens is 296 g/mol. The molecule has 3 nitrogen and oxygen atoms in total. The van der Waals surface area contributed by atoms with Crippen molar-refractivity contribution in [2.24, 2.45) is 0 Å². The highest BCUT2D eigenvalue weighted by Gasteiger charge is 2.41. The van der Waals surface area contributed by atoms with Crippen molar-refractivity contribution >= 4 is 5.78 Å². The van der Waals surface area contributed by atoms with Gasteiger partial charge in [-0.1, -0.05) is 56.3 Å². The van der Waals surface area contributed by atoms with Gasteiger partial charge in [-0.05, 0) is 39.4 Å². The van der Waals surface area contributed by atoms with Gasteiger partial charge >= 0.3 is 0 Å². The van der Waals surface area contributed by atoms with Gasteiger partial charge < -0.3 is 4.90 Å². The smallest absolute Gasteiger partial charge is 0.187 e. The zero-order chi connectivity index (χ0) is 17.6. The molecule has 0 amide bonds. The summed E-state index contributed by atoms with van der Waals surface area (Å²) in [5.41, 5.74) is 1.44. The molecule has 0 N–H and O–H groups in total. The fraction of sp³-hybridized carbons (Fsp3) is 0.476. The second-order valence-electron chi connectivity index (χ2n) is 6.13. The van der Waals surface area contributed by atoms with Crippen LogP contribution in [0, 0.1) is 0 Å². The van der Waals surface area contributed by atoms with Gasteiger partial charge in [-0.2, -0.15) is 0 Å². The second kappa shape index (κ2) is 8.29. The Labute approximate surface area is 146 Å². The molecule has 1 aliphatic carbocycles. The van der Waals surface area contributed by atoms with Gasteiger partial charge in [-0.3, -0.25) is 9.69 Å². The lowest BCUT2D eigenvalue weighted by Gasteiger charge is -2.41. The van der Waals surface area contributed by atoms with Crippen LogP contribution in [0.5, 0.6) is 0 Å². The van der Waals surface area contributed by atoms with Gasteiger partial charge in [0.05, 0.1) is 0 Å². The number of benzene rings is 1. The van der Waals surface area contributed by atoms with Crippen molar-refractivity contribution in [1.82, 2.24) is 9.80 Å². The standard InChI is InChI=1S/C21H30N2O/c1-5-22(6-2)19-14-16-21(17-15-19,23(7-3)8-4)20(24)18-12-10-9-11-13-18/h9-16H,5-8,17H2,1-4H3. The number of rotatable bonds is 8. The normalized spacial score (nSPS) is 20.1. The molecule has 0 radical (unpaired) electrons. The fourth-order valence-corrected chi connectivity index (χ4v) is 3.62. The molecule has 1 aliphatic rings. The van der Waals surface area contributed by atoms with Crippen LogP contribution >= 0.6 is 0 Å². The summed E-state index contributed by atoms with van der Waals surface area (Å²) in [6, 6.07) is 9.67. The summed E-state index contributed by atoms with van der Waals surface area (Å²) < 4.78 is 0. The summed E-state index contributed by atoms with van der Waals surface area (Å²) >= 11 is 0. The van der Waals surface area contributed by atoms with Crippen LogP contribution in [0.3, 0.4) is 0 Å². The number of likely N-dealkylation sites (N-methyl/N-ethyl adjacent to an activating group) is 2. The van der Waals surface area contributed by atoms with Crippen LogP contribution in [0.25, 0.3) is 0 Å². The van der Waals surface area contributed by atoms with Crippen molar-refractivity contribution in [3.05, 3.63) is 59.8 Å². The van der Waals surface area contributed by atoms with Crippen molar-refractivity contribution in [1.29, 1.82) is 0 Å². The predicted molar refractivity (Wildman–Crippen MR) is 101 cm³/mol. The first-order valence-corrected chi connectivity index (χ1v) is 9.12. The van der Waals surface area contributed by atoms with E-state index in [0.717, 1.165) is 38.2 Å². The van der Waals surface area contributed by atoms with Gasteiger partial charge in [0.15, 0.2) is 5.78 Å². The van der Waals surface area contributed by atoms with Gasteiger partial charge in [0, 0.05) is 24.4 Å². The molecule has 0 saturated carbocycles. The zero-order valence-electron chi connectivity index (χ0n) is 15.5. The third kappa shape index (κ3) is 3.46. The zero-order valence-corrected chi connectivity index (χ0v) is 15.5. The van der Waals surface area contributed by atoms with Crippen molar-refractivity contribution in [3.63, 3.8) is 0 Å². The van der Waals surface area contributed by atoms with E-state index in [0.29, 0.717) is 0 Å². The quantitative estimate of drug-likeness (QED) is 0.671. The van der Waals surface area contributed by atoms with Gasteiger partial charge in [0.1, 0.15) is 5.54 Å². The molecule has 130 valence electrons. The second-order valence-corrected chi connectivity index (χ2v) is 6.13. The minimum Gasteiger partial charge on any atom is -0.372 e. The lowest BCUT2D eigenvalue weighted by atomic mass is 9.81. The number of hydrogen-bond acceptors (Lipinski definition) is 3. The molecule has 1 aromatic rings. The molecule has 1 aromatic carbocycles. The van der Waals surface area contributed by atoms with Gasteiger partial charge in [0.25, 0.3) is 0 Å². The maximum absolute atomic E-state index is 13.4. The lowest BCUT2D eigenvalue weighted by Crippen LogP contribution is -2.54. The first-order chi connectivity index (χ1) is 11.6. The molecule has 0 heterocycles. The van der Waals surface area contributed by atoms with E-state index in [1.165, 1.54) is 5.70 Å². The maximum Gasteiger partial charge on any atom is 0.187 e. The first-order valence-electron chi connectivity index (χ1n) is 9.12. The molecule has 0 aromatic heterocycles. The number of carbonyl (C=O) groups is 1. The Morgan fingerprint density at radius 3 is 2.08 bits per heavy atom. The van der Waals surface area contributed by atoms with Gasteiger partial charge in [-0.25, -0.2) is 0 Å². The van der Waals surface area contributed by atoms with Gasteiger partial charge in [-0.15, -0.1) is 0 Å². The van der Waals surface area contributed by atoms with Crippen LogP contribution in [-0.4, -0.2) is 47.3 Å². The van der Waals surface area contributed by atoms with Crippen LogP contribution in [0.2, 0.25) is 0 Å². The molecule has 2 rings (SSSR count). The number of Topliss-reactive ketones (excluding diaryl/α,β-unsaturated/α-hetero) is 1. The summed E-state index contributed by atoms with van der Waals surface area (Å²) in [4.78, 5) is 18.0. The third-order valence-corrected chi connectivity index (χ3v) is 5.04. The minimum atomic E-state index is -0.568. The summed E-state index contributed by atoms with van der Waals surface area (Å²) in [6.07, 6.45) is 7.22. The third-order valence-electron chi connectivity index (χ3n) is 5.04. The molecule has 24 heavy (non-hydrogen) atoms. The number of ketones is 1. The molecule has 3 heteroatoms. The van der Waals surface area contributed by atoms with E-state index >= 15 is 0 Å². The number of carbonyl (C=O) groups excluding carboxylic acids is 1. The van der Waals surface area contributed by atoms with Crippen LogP contribution < -0.4 is 0 Å². The van der Waals surface area contributed by atoms with Crippen molar-refractivity contribution in [2.45, 2.75) is 39.7 Å². The van der Waals surface area contributed by atoms with E-state index < -0.39 is 5.54 Å². The average molecular weight is 326 g/mol. The van der Waals surface area contributed by atoms with Crippen LogP contribution in [0.4, 0.5) is 0 Å². The summed E-state index contributed by atoms with van der Waals surface area (Å²) in [7, 11) is 0. The monoisotopic (exact) mass is 326 g/mol. The largest absolute Gasteiger partial charge is 0.372 e. The highest BCUT2D eigenvalue weighted by Crippen LogP contribution is 2.32. The molecule has 1 unspecified atom stereocenters. The minimum absolute atomic E-state index is 0.192. The van der Waals surface area contributed by atoms with Gasteiger partial charge in [0.2, 0.25) is 0 Å². The highest BCUT2D eigenvalue weighted by molar-refractivity contribution is 6.05. The van der Waals surface area contributed by atoms with E-state index in [-0.39, 0.29) is 5.78 Å². The number of allylic oxidation sites excluding steroid dienone is 1. The number of nitrogens with zero attached hydrogens (tertiary/aromatic N) is 2. The maximum atomic E-state index is 13.4. The molecule has 0 spiro atoms. The molecule has 0 bridgehead atoms. The lowest BCUT2D eigenvalue weighted by molar-refractivity contribution is 0.0694. The van der Waals surface area contributed by atoms with E-state index in [2.05, 4.69) is 55.7 Å². The van der Waals surface area contributed by atoms with E-state index in [9.17, 15) is 4.79 Å². The Hall–Kier alpha value is -1.87. The fourth-order valence-electron chi connectivity index (χ4n) is 3.62. The van der Waals surface area contributed by atoms with Crippen LogP contribution in [-0.2, 0) is 0 Å². The summed E-state index contributed by atoms with van der Waals surface area (Å²) in [5.74, 6) is 0.192. The predicted octanol–water partition coefficient (Wildman–Crippen LogP) is 4.14. The van der Waals surface area contributed by atoms with Crippen molar-refractivity contribution < 1.29 is 4.79 Å². The van der Waals surface area contributed by atoms with Crippen LogP contribution in [0.1, 0.15) is 44.5 Å². The summed E-state index contributed by atoms with van der Waals surface area (Å²) in [6.45, 7) is 12.3. The van der Waals surface area contributed by atoms with E-state index in [1.54, 1.807) is 0 Å². The van der Waals surface area contributed by atoms with Crippen molar-refractivity contribution in [2.75, 3.05) is 26.2 Å². The SMILES string of the molecule is CCN(CC)C1=CCC(C(=O)c2ccccc2)(N(CC)CC)C=C1. The Bertz CT molecular complexity index is 598. The van der Waals surface area contributed by atoms with E-state index in [1.807, 2.05) is 30.3 Å². The molecule has 1 atom stereocenters. The first kappa shape index (κ1) is 18.5. The Morgan fingerprint density at radius 1 is 1.00 bits per heavy atom. The Balaban J connectivity index is 2.38. The molecule has 0 fully saturated rings. The summed E-state index contributed by atoms with van der Waals surface area (Å²) in [5, 5.41) is 0. The highest BCUT2D eigenvalue weighted by atomic mass is 16.1. The van der Waals surface area contributed by atoms with Crippen LogP contribution in [0.15, 0.2) is 54.3 Å². The average Bonchev–Trinajstić information content (AvgIpc) is 2.65. The molecular formula is C21H30N2O. The number of hydrogen-bond donors (Lipinski definition) is 0. The topological polar surface area (TPSA) is 23.6 Å². The Kier molecular flexibility index (Phi) is 6.38. The molecule has 0 aliphatic heterocycles. The van der Waals surface area contributed by atoms with Crippen molar-refractivity contribution in [3.8, 4) is 0 Å². The Morgan fingerprint density at radius 2 is 1.62 bits per heavy atom. The molecule has 0 saturated heterocycles. The van der Waals surface area contributed by atoms with E-state index in [4.69, 9.17) is 0 Å².